The Morgan fingerprint density at radius 3 is 2.94 bits per heavy atom. The van der Waals surface area contributed by atoms with Gasteiger partial charge in [0.15, 0.2) is 0 Å². The van der Waals surface area contributed by atoms with Gasteiger partial charge in [-0.1, -0.05) is 0 Å². The van der Waals surface area contributed by atoms with Crippen LogP contribution in [0.1, 0.15) is 5.69 Å². The summed E-state index contributed by atoms with van der Waals surface area (Å²) in [6, 6.07) is 7.33. The molecule has 2 aromatic rings. The number of carboxylic acid groups (broad SMARTS) is 1. The lowest BCUT2D eigenvalue weighted by molar-refractivity contribution is -0.136. The summed E-state index contributed by atoms with van der Waals surface area (Å²) in [6.07, 6.45) is 1.55. The first kappa shape index (κ1) is 10.4. The highest BCUT2D eigenvalue weighted by molar-refractivity contribution is 5.88. The van der Waals surface area contributed by atoms with E-state index < -0.39 is 5.97 Å². The monoisotopic (exact) mass is 217 g/mol. The van der Waals surface area contributed by atoms with Crippen LogP contribution in [0.3, 0.4) is 0 Å². The topological polar surface area (TPSA) is 59.4 Å². The van der Waals surface area contributed by atoms with E-state index in [-0.39, 0.29) is 6.42 Å². The van der Waals surface area contributed by atoms with Crippen LogP contribution in [-0.2, 0) is 11.2 Å². The van der Waals surface area contributed by atoms with Gasteiger partial charge < -0.3 is 9.84 Å². The van der Waals surface area contributed by atoms with Crippen molar-refractivity contribution >= 4 is 16.7 Å². The lowest BCUT2D eigenvalue weighted by Gasteiger charge is -2.05. The largest absolute Gasteiger partial charge is 0.497 e. The van der Waals surface area contributed by atoms with Gasteiger partial charge in [0.1, 0.15) is 5.75 Å². The van der Waals surface area contributed by atoms with Crippen molar-refractivity contribution < 1.29 is 14.6 Å². The van der Waals surface area contributed by atoms with E-state index in [2.05, 4.69) is 4.98 Å². The number of carbonyl (C=O) groups is 1. The molecule has 0 amide bonds. The number of rotatable bonds is 3. The van der Waals surface area contributed by atoms with Gasteiger partial charge in [-0.05, 0) is 29.7 Å². The van der Waals surface area contributed by atoms with Crippen LogP contribution in [0, 0.1) is 0 Å². The van der Waals surface area contributed by atoms with E-state index in [1.165, 1.54) is 0 Å². The Kier molecular flexibility index (Phi) is 2.72. The highest BCUT2D eigenvalue weighted by Gasteiger charge is 2.07. The fourth-order valence-electron chi connectivity index (χ4n) is 1.63. The van der Waals surface area contributed by atoms with Gasteiger partial charge in [0.05, 0.1) is 19.2 Å². The zero-order valence-corrected chi connectivity index (χ0v) is 8.80. The number of aromatic nitrogens is 1. The van der Waals surface area contributed by atoms with Gasteiger partial charge in [-0.25, -0.2) is 0 Å². The lowest BCUT2D eigenvalue weighted by atomic mass is 10.1. The third kappa shape index (κ3) is 1.95. The number of nitrogens with zero attached hydrogens (tertiary/aromatic N) is 1. The average molecular weight is 217 g/mol. The Hall–Kier alpha value is -2.10. The van der Waals surface area contributed by atoms with E-state index in [1.807, 2.05) is 18.2 Å². The zero-order chi connectivity index (χ0) is 11.5. The second-order valence-corrected chi connectivity index (χ2v) is 3.42. The first-order chi connectivity index (χ1) is 7.70. The molecule has 0 aliphatic rings. The van der Waals surface area contributed by atoms with Crippen molar-refractivity contribution in [2.75, 3.05) is 7.11 Å². The number of benzene rings is 1. The van der Waals surface area contributed by atoms with E-state index in [1.54, 1.807) is 19.4 Å². The molecule has 2 rings (SSSR count). The molecule has 1 heterocycles. The van der Waals surface area contributed by atoms with Crippen LogP contribution in [-0.4, -0.2) is 23.2 Å². The van der Waals surface area contributed by atoms with Crippen LogP contribution in [0.2, 0.25) is 0 Å². The summed E-state index contributed by atoms with van der Waals surface area (Å²) in [4.78, 5) is 14.8. The predicted molar refractivity (Wildman–Crippen MR) is 59.6 cm³/mol. The Balaban J connectivity index is 2.55. The fraction of sp³-hybridized carbons (Fsp3) is 0.167. The maximum atomic E-state index is 10.7. The van der Waals surface area contributed by atoms with Crippen LogP contribution in [0.5, 0.6) is 5.75 Å². The third-order valence-electron chi connectivity index (χ3n) is 2.37. The molecule has 0 saturated carbocycles. The summed E-state index contributed by atoms with van der Waals surface area (Å²) in [5.74, 6) is -0.129. The van der Waals surface area contributed by atoms with E-state index in [4.69, 9.17) is 9.84 Å². The normalized spacial score (nSPS) is 10.3. The summed E-state index contributed by atoms with van der Waals surface area (Å²) in [5.41, 5.74) is 0.577. The summed E-state index contributed by atoms with van der Waals surface area (Å²) in [7, 11) is 1.60. The Morgan fingerprint density at radius 1 is 1.44 bits per heavy atom. The fourth-order valence-corrected chi connectivity index (χ4v) is 1.63. The minimum Gasteiger partial charge on any atom is -0.497 e. The molecule has 1 aromatic carbocycles. The van der Waals surface area contributed by atoms with E-state index in [9.17, 15) is 4.79 Å². The minimum absolute atomic E-state index is 0.0658. The number of hydrogen-bond donors (Lipinski definition) is 1. The molecule has 0 bridgehead atoms. The smallest absolute Gasteiger partial charge is 0.309 e. The van der Waals surface area contributed by atoms with E-state index in [0.717, 1.165) is 16.5 Å². The lowest BCUT2D eigenvalue weighted by Crippen LogP contribution is -2.02. The van der Waals surface area contributed by atoms with Gasteiger partial charge in [0.2, 0.25) is 0 Å². The number of aliphatic carboxylic acids is 1. The van der Waals surface area contributed by atoms with Crippen molar-refractivity contribution in [1.29, 1.82) is 0 Å². The van der Waals surface area contributed by atoms with Gasteiger partial charge >= 0.3 is 5.97 Å². The number of fused-ring (bicyclic) bond motifs is 1. The van der Waals surface area contributed by atoms with E-state index >= 15 is 0 Å². The van der Waals surface area contributed by atoms with Crippen molar-refractivity contribution in [2.45, 2.75) is 6.42 Å². The molecular formula is C12H11NO3. The molecule has 16 heavy (non-hydrogen) atoms. The molecule has 4 nitrogen and oxygen atoms in total. The number of methoxy groups -OCH3 is 1. The predicted octanol–water partition coefficient (Wildman–Crippen LogP) is 1.87. The third-order valence-corrected chi connectivity index (χ3v) is 2.37. The molecule has 0 spiro atoms. The van der Waals surface area contributed by atoms with Crippen molar-refractivity contribution in [3.8, 4) is 5.75 Å². The molecule has 0 aliphatic carbocycles. The van der Waals surface area contributed by atoms with Crippen molar-refractivity contribution in [3.63, 3.8) is 0 Å². The first-order valence-corrected chi connectivity index (χ1v) is 4.84. The molecule has 0 atom stereocenters. The van der Waals surface area contributed by atoms with Gasteiger partial charge in [0.25, 0.3) is 0 Å². The van der Waals surface area contributed by atoms with Crippen LogP contribution < -0.4 is 4.74 Å². The molecule has 1 aromatic heterocycles. The summed E-state index contributed by atoms with van der Waals surface area (Å²) >= 11 is 0. The minimum atomic E-state index is -0.879. The summed E-state index contributed by atoms with van der Waals surface area (Å²) in [6.45, 7) is 0. The maximum absolute atomic E-state index is 10.7. The van der Waals surface area contributed by atoms with Crippen LogP contribution >= 0.6 is 0 Å². The molecule has 0 fully saturated rings. The Labute approximate surface area is 92.5 Å². The summed E-state index contributed by atoms with van der Waals surface area (Å²) in [5, 5.41) is 10.6. The van der Waals surface area contributed by atoms with Crippen LogP contribution in [0.25, 0.3) is 10.8 Å². The Morgan fingerprint density at radius 2 is 2.25 bits per heavy atom. The van der Waals surface area contributed by atoms with Crippen molar-refractivity contribution in [2.24, 2.45) is 0 Å². The number of ether oxygens (including phenoxy) is 1. The van der Waals surface area contributed by atoms with Crippen LogP contribution in [0.15, 0.2) is 30.5 Å². The molecule has 0 unspecified atom stereocenters. The number of hydrogen-bond acceptors (Lipinski definition) is 3. The zero-order valence-electron chi connectivity index (χ0n) is 8.80. The second kappa shape index (κ2) is 4.18. The van der Waals surface area contributed by atoms with Gasteiger partial charge in [-0.3, -0.25) is 9.78 Å². The van der Waals surface area contributed by atoms with Crippen LogP contribution in [0.4, 0.5) is 0 Å². The van der Waals surface area contributed by atoms with Gasteiger partial charge in [-0.2, -0.15) is 0 Å². The number of pyridine rings is 1. The highest BCUT2D eigenvalue weighted by Crippen LogP contribution is 2.22. The SMILES string of the molecule is COc1ccc2c(CC(=O)O)nccc2c1. The standard InChI is InChI=1S/C12H11NO3/c1-16-9-2-3-10-8(6-9)4-5-13-11(10)7-12(14)15/h2-6H,7H2,1H3,(H,14,15). The maximum Gasteiger partial charge on any atom is 0.309 e. The molecular weight excluding hydrogens is 206 g/mol. The number of carboxylic acids is 1. The molecule has 4 heteroatoms. The average Bonchev–Trinajstić information content (AvgIpc) is 2.28. The molecule has 0 saturated heterocycles. The molecule has 0 aliphatic heterocycles. The quantitative estimate of drug-likeness (QED) is 0.852. The second-order valence-electron chi connectivity index (χ2n) is 3.42. The molecule has 0 radical (unpaired) electrons. The molecule has 82 valence electrons. The highest BCUT2D eigenvalue weighted by atomic mass is 16.5. The van der Waals surface area contributed by atoms with Gasteiger partial charge in [0, 0.05) is 11.6 Å². The first-order valence-electron chi connectivity index (χ1n) is 4.84. The van der Waals surface area contributed by atoms with Crippen molar-refractivity contribution in [1.82, 2.24) is 4.98 Å². The van der Waals surface area contributed by atoms with E-state index in [0.29, 0.717) is 5.69 Å². The van der Waals surface area contributed by atoms with Gasteiger partial charge in [-0.15, -0.1) is 0 Å². The molecule has 1 N–H and O–H groups in total. The van der Waals surface area contributed by atoms with Crippen molar-refractivity contribution in [3.05, 3.63) is 36.2 Å². The summed E-state index contributed by atoms with van der Waals surface area (Å²) < 4.78 is 5.11. The Bertz CT molecular complexity index is 537.